The van der Waals surface area contributed by atoms with Crippen molar-refractivity contribution in [1.82, 2.24) is 9.78 Å². The van der Waals surface area contributed by atoms with E-state index in [9.17, 15) is 4.79 Å². The molecule has 0 amide bonds. The lowest BCUT2D eigenvalue weighted by molar-refractivity contribution is 0.0948. The first-order valence-corrected chi connectivity index (χ1v) is 8.04. The molecule has 0 atom stereocenters. The summed E-state index contributed by atoms with van der Waals surface area (Å²) in [5, 5.41) is 7.05. The van der Waals surface area contributed by atoms with Gasteiger partial charge in [-0.25, -0.2) is 0 Å². The van der Waals surface area contributed by atoms with E-state index in [1.807, 2.05) is 11.4 Å². The van der Waals surface area contributed by atoms with E-state index in [2.05, 4.69) is 5.10 Å². The van der Waals surface area contributed by atoms with Crippen LogP contribution in [0.3, 0.4) is 0 Å². The third kappa shape index (κ3) is 2.99. The highest BCUT2D eigenvalue weighted by atomic mass is 35.5. The summed E-state index contributed by atoms with van der Waals surface area (Å²) in [6.45, 7) is 0. The van der Waals surface area contributed by atoms with Crippen molar-refractivity contribution >= 4 is 52.6 Å². The molecule has 0 aliphatic heterocycles. The average molecular weight is 349 g/mol. The lowest BCUT2D eigenvalue weighted by atomic mass is 10.2. The maximum absolute atomic E-state index is 12.4. The third-order valence-corrected chi connectivity index (χ3v) is 4.53. The van der Waals surface area contributed by atoms with Gasteiger partial charge in [0.05, 0.1) is 16.8 Å². The molecule has 2 aromatic heterocycles. The van der Waals surface area contributed by atoms with Crippen molar-refractivity contribution in [3.63, 3.8) is 0 Å². The molecule has 6 heteroatoms. The fraction of sp³-hybridized carbons (Fsp3) is 0. The van der Waals surface area contributed by atoms with Crippen LogP contribution in [0.5, 0.6) is 0 Å². The summed E-state index contributed by atoms with van der Waals surface area (Å²) in [7, 11) is 0. The fourth-order valence-corrected chi connectivity index (χ4v) is 3.12. The normalized spacial score (nSPS) is 11.2. The maximum Gasteiger partial charge on any atom is 0.288 e. The molecule has 110 valence electrons. The second kappa shape index (κ2) is 6.48. The SMILES string of the molecule is O=C(c1cccs1)n1nccc1C=Cc1c(Cl)cccc1Cl. The number of carbonyl (C=O) groups excluding carboxylic acids is 1. The topological polar surface area (TPSA) is 34.9 Å². The molecule has 22 heavy (non-hydrogen) atoms. The highest BCUT2D eigenvalue weighted by Crippen LogP contribution is 2.26. The van der Waals surface area contributed by atoms with Crippen molar-refractivity contribution in [2.45, 2.75) is 0 Å². The second-order valence-corrected chi connectivity index (χ2v) is 6.18. The number of hydrogen-bond donors (Lipinski definition) is 0. The van der Waals surface area contributed by atoms with E-state index < -0.39 is 0 Å². The Hall–Kier alpha value is -1.88. The Balaban J connectivity index is 1.93. The Morgan fingerprint density at radius 2 is 1.86 bits per heavy atom. The molecule has 0 N–H and O–H groups in total. The van der Waals surface area contributed by atoms with Gasteiger partial charge in [-0.1, -0.05) is 35.3 Å². The number of aromatic nitrogens is 2. The van der Waals surface area contributed by atoms with Gasteiger partial charge in [0.15, 0.2) is 0 Å². The Kier molecular flexibility index (Phi) is 4.43. The van der Waals surface area contributed by atoms with E-state index in [1.54, 1.807) is 48.7 Å². The van der Waals surface area contributed by atoms with Crippen molar-refractivity contribution in [2.24, 2.45) is 0 Å². The predicted molar refractivity (Wildman–Crippen MR) is 91.7 cm³/mol. The standard InChI is InChI=1S/C16H10Cl2N2OS/c17-13-3-1-4-14(18)12(13)7-6-11-8-9-19-20(11)16(21)15-5-2-10-22-15/h1-10H. The van der Waals surface area contributed by atoms with E-state index >= 15 is 0 Å². The molecule has 0 aliphatic carbocycles. The van der Waals surface area contributed by atoms with Crippen LogP contribution in [0.2, 0.25) is 10.0 Å². The number of thiophene rings is 1. The van der Waals surface area contributed by atoms with Crippen LogP contribution in [-0.4, -0.2) is 15.7 Å². The lowest BCUT2D eigenvalue weighted by Gasteiger charge is -2.03. The summed E-state index contributed by atoms with van der Waals surface area (Å²) >= 11 is 13.6. The van der Waals surface area contributed by atoms with Gasteiger partial charge in [-0.05, 0) is 41.8 Å². The van der Waals surface area contributed by atoms with Crippen LogP contribution in [0.1, 0.15) is 20.9 Å². The van der Waals surface area contributed by atoms with Crippen LogP contribution in [0.4, 0.5) is 0 Å². The predicted octanol–water partition coefficient (Wildman–Crippen LogP) is 5.11. The fourth-order valence-electron chi connectivity index (χ4n) is 1.95. The molecule has 0 fully saturated rings. The van der Waals surface area contributed by atoms with Gasteiger partial charge in [-0.3, -0.25) is 4.79 Å². The first-order valence-electron chi connectivity index (χ1n) is 6.41. The summed E-state index contributed by atoms with van der Waals surface area (Å²) in [5.41, 5.74) is 1.37. The number of hydrogen-bond acceptors (Lipinski definition) is 3. The van der Waals surface area contributed by atoms with Crippen LogP contribution in [0, 0.1) is 0 Å². The summed E-state index contributed by atoms with van der Waals surface area (Å²) in [6, 6.07) is 10.7. The largest absolute Gasteiger partial charge is 0.288 e. The van der Waals surface area contributed by atoms with Crippen molar-refractivity contribution in [3.8, 4) is 0 Å². The summed E-state index contributed by atoms with van der Waals surface area (Å²) in [5.74, 6) is -0.162. The van der Waals surface area contributed by atoms with Crippen molar-refractivity contribution in [3.05, 3.63) is 74.2 Å². The highest BCUT2D eigenvalue weighted by molar-refractivity contribution is 7.12. The molecule has 1 aromatic carbocycles. The highest BCUT2D eigenvalue weighted by Gasteiger charge is 2.12. The molecule has 0 aliphatic rings. The molecule has 0 saturated heterocycles. The monoisotopic (exact) mass is 348 g/mol. The van der Waals surface area contributed by atoms with Gasteiger partial charge in [0.2, 0.25) is 0 Å². The van der Waals surface area contributed by atoms with E-state index in [1.165, 1.54) is 16.0 Å². The third-order valence-electron chi connectivity index (χ3n) is 3.02. The molecule has 0 unspecified atom stereocenters. The molecule has 3 nitrogen and oxygen atoms in total. The quantitative estimate of drug-likeness (QED) is 0.659. The number of rotatable bonds is 3. The molecule has 0 bridgehead atoms. The first-order chi connectivity index (χ1) is 10.7. The molecule has 2 heterocycles. The second-order valence-electron chi connectivity index (χ2n) is 4.42. The maximum atomic E-state index is 12.4. The van der Waals surface area contributed by atoms with Crippen molar-refractivity contribution in [2.75, 3.05) is 0 Å². The van der Waals surface area contributed by atoms with Gasteiger partial charge >= 0.3 is 0 Å². The van der Waals surface area contributed by atoms with Crippen molar-refractivity contribution in [1.29, 1.82) is 0 Å². The van der Waals surface area contributed by atoms with Gasteiger partial charge in [-0.2, -0.15) is 9.78 Å². The first kappa shape index (κ1) is 15.0. The van der Waals surface area contributed by atoms with Crippen LogP contribution < -0.4 is 0 Å². The number of halogens is 2. The van der Waals surface area contributed by atoms with Gasteiger partial charge in [0.1, 0.15) is 0 Å². The Bertz CT molecular complexity index is 817. The molecule has 3 rings (SSSR count). The minimum absolute atomic E-state index is 0.162. The molecule has 0 radical (unpaired) electrons. The minimum atomic E-state index is -0.162. The zero-order chi connectivity index (χ0) is 15.5. The lowest BCUT2D eigenvalue weighted by Crippen LogP contribution is -2.13. The number of nitrogens with zero attached hydrogens (tertiary/aromatic N) is 2. The number of benzene rings is 1. The molecule has 3 aromatic rings. The van der Waals surface area contributed by atoms with Crippen LogP contribution in [-0.2, 0) is 0 Å². The van der Waals surface area contributed by atoms with Crippen LogP contribution >= 0.6 is 34.5 Å². The zero-order valence-corrected chi connectivity index (χ0v) is 13.6. The van der Waals surface area contributed by atoms with Gasteiger partial charge in [0.25, 0.3) is 5.91 Å². The Labute approximate surface area is 141 Å². The Morgan fingerprint density at radius 1 is 1.09 bits per heavy atom. The van der Waals surface area contributed by atoms with Crippen LogP contribution in [0.25, 0.3) is 12.2 Å². The van der Waals surface area contributed by atoms with Gasteiger partial charge < -0.3 is 0 Å². The zero-order valence-electron chi connectivity index (χ0n) is 11.2. The number of carbonyl (C=O) groups is 1. The van der Waals surface area contributed by atoms with Crippen molar-refractivity contribution < 1.29 is 4.79 Å². The van der Waals surface area contributed by atoms with Gasteiger partial charge in [0, 0.05) is 15.6 Å². The molecule has 0 spiro atoms. The van der Waals surface area contributed by atoms with E-state index in [4.69, 9.17) is 23.2 Å². The molecule has 0 saturated carbocycles. The van der Waals surface area contributed by atoms with E-state index in [0.717, 1.165) is 0 Å². The Morgan fingerprint density at radius 3 is 2.55 bits per heavy atom. The molecular formula is C16H10Cl2N2OS. The summed E-state index contributed by atoms with van der Waals surface area (Å²) in [4.78, 5) is 13.0. The van der Waals surface area contributed by atoms with E-state index in [0.29, 0.717) is 26.2 Å². The minimum Gasteiger partial charge on any atom is -0.266 e. The van der Waals surface area contributed by atoms with E-state index in [-0.39, 0.29) is 5.91 Å². The van der Waals surface area contributed by atoms with Gasteiger partial charge in [-0.15, -0.1) is 11.3 Å². The average Bonchev–Trinajstić information content (AvgIpc) is 3.18. The molecular weight excluding hydrogens is 339 g/mol. The smallest absolute Gasteiger partial charge is 0.266 e. The summed E-state index contributed by atoms with van der Waals surface area (Å²) < 4.78 is 1.35. The van der Waals surface area contributed by atoms with Crippen LogP contribution in [0.15, 0.2) is 48.0 Å². The summed E-state index contributed by atoms with van der Waals surface area (Å²) in [6.07, 6.45) is 5.13.